The second-order valence-corrected chi connectivity index (χ2v) is 10.1. The minimum atomic E-state index is -3.67. The molecule has 3 aromatic carbocycles. The van der Waals surface area contributed by atoms with Gasteiger partial charge in [0.25, 0.3) is 5.91 Å². The molecule has 0 spiro atoms. The van der Waals surface area contributed by atoms with Crippen LogP contribution in [0.2, 0.25) is 0 Å². The summed E-state index contributed by atoms with van der Waals surface area (Å²) in [7, 11) is -3.67. The van der Waals surface area contributed by atoms with Crippen LogP contribution in [0.15, 0.2) is 82.2 Å². The van der Waals surface area contributed by atoms with E-state index in [0.29, 0.717) is 11.3 Å². The van der Waals surface area contributed by atoms with Gasteiger partial charge in [0.15, 0.2) is 6.61 Å². The third-order valence-corrected chi connectivity index (χ3v) is 6.74. The van der Waals surface area contributed by atoms with E-state index in [1.165, 1.54) is 12.1 Å². The van der Waals surface area contributed by atoms with Crippen molar-refractivity contribution < 1.29 is 17.9 Å². The molecule has 168 valence electrons. The predicted molar refractivity (Wildman–Crippen MR) is 128 cm³/mol. The van der Waals surface area contributed by atoms with E-state index >= 15 is 0 Å². The zero-order valence-electron chi connectivity index (χ0n) is 17.8. The first-order valence-electron chi connectivity index (χ1n) is 10.1. The van der Waals surface area contributed by atoms with Crippen molar-refractivity contribution in [1.29, 1.82) is 0 Å². The number of aryl methyl sites for hydroxylation is 1. The molecule has 1 atom stereocenters. The van der Waals surface area contributed by atoms with Gasteiger partial charge in [-0.1, -0.05) is 58.4 Å². The Kier molecular flexibility index (Phi) is 8.06. The van der Waals surface area contributed by atoms with Crippen molar-refractivity contribution in [3.05, 3.63) is 94.0 Å². The van der Waals surface area contributed by atoms with Gasteiger partial charge in [0.2, 0.25) is 10.0 Å². The minimum Gasteiger partial charge on any atom is -0.484 e. The zero-order valence-corrected chi connectivity index (χ0v) is 20.2. The van der Waals surface area contributed by atoms with Crippen LogP contribution in [-0.2, 0) is 21.4 Å². The molecule has 0 bridgehead atoms. The second-order valence-electron chi connectivity index (χ2n) is 7.37. The van der Waals surface area contributed by atoms with Crippen LogP contribution in [0.4, 0.5) is 0 Å². The number of amides is 1. The maximum absolute atomic E-state index is 12.6. The number of carbonyl (C=O) groups is 1. The Balaban J connectivity index is 1.57. The molecule has 0 saturated heterocycles. The van der Waals surface area contributed by atoms with Crippen LogP contribution < -0.4 is 14.8 Å². The van der Waals surface area contributed by atoms with E-state index in [1.54, 1.807) is 13.0 Å². The van der Waals surface area contributed by atoms with Crippen LogP contribution in [0.25, 0.3) is 0 Å². The van der Waals surface area contributed by atoms with Crippen LogP contribution in [0.5, 0.6) is 5.75 Å². The zero-order chi connectivity index (χ0) is 23.1. The molecule has 2 N–H and O–H groups in total. The van der Waals surface area contributed by atoms with E-state index in [1.807, 2.05) is 61.5 Å². The third kappa shape index (κ3) is 6.66. The summed E-state index contributed by atoms with van der Waals surface area (Å²) in [5, 5.41) is 2.89. The van der Waals surface area contributed by atoms with Gasteiger partial charge in [-0.2, -0.15) is 0 Å². The molecule has 3 rings (SSSR count). The molecule has 0 aliphatic heterocycles. The lowest BCUT2D eigenvalue weighted by Crippen LogP contribution is -2.31. The summed E-state index contributed by atoms with van der Waals surface area (Å²) in [6.07, 6.45) is 0. The average molecular weight is 517 g/mol. The molecule has 0 aliphatic carbocycles. The molecule has 32 heavy (non-hydrogen) atoms. The molecule has 1 amide bonds. The van der Waals surface area contributed by atoms with E-state index < -0.39 is 10.0 Å². The monoisotopic (exact) mass is 516 g/mol. The van der Waals surface area contributed by atoms with Crippen LogP contribution in [0, 0.1) is 6.92 Å². The number of halogens is 1. The minimum absolute atomic E-state index is 0.144. The average Bonchev–Trinajstić information content (AvgIpc) is 2.77. The van der Waals surface area contributed by atoms with Gasteiger partial charge in [0, 0.05) is 11.0 Å². The fourth-order valence-electron chi connectivity index (χ4n) is 3.09. The van der Waals surface area contributed by atoms with E-state index in [-0.39, 0.29) is 30.0 Å². The molecule has 0 aliphatic rings. The smallest absolute Gasteiger partial charge is 0.258 e. The molecule has 8 heteroatoms. The van der Waals surface area contributed by atoms with Crippen LogP contribution >= 0.6 is 15.9 Å². The SMILES string of the molecule is Cc1cc(S(=O)(=O)NCc2ccccc2)ccc1OCC(=O)N[C@H](C)c1cccc(Br)c1. The van der Waals surface area contributed by atoms with E-state index in [2.05, 4.69) is 26.0 Å². The topological polar surface area (TPSA) is 84.5 Å². The van der Waals surface area contributed by atoms with Gasteiger partial charge >= 0.3 is 0 Å². The van der Waals surface area contributed by atoms with Gasteiger partial charge in [0.05, 0.1) is 10.9 Å². The second kappa shape index (κ2) is 10.8. The highest BCUT2D eigenvalue weighted by atomic mass is 79.9. The number of hydrogen-bond donors (Lipinski definition) is 2. The summed E-state index contributed by atoms with van der Waals surface area (Å²) in [5.41, 5.74) is 2.47. The lowest BCUT2D eigenvalue weighted by Gasteiger charge is -2.16. The highest BCUT2D eigenvalue weighted by Crippen LogP contribution is 2.22. The molecular weight excluding hydrogens is 492 g/mol. The number of rotatable bonds is 9. The predicted octanol–water partition coefficient (Wildman–Crippen LogP) is 4.49. The Morgan fingerprint density at radius 3 is 2.47 bits per heavy atom. The van der Waals surface area contributed by atoms with Gasteiger partial charge in [-0.3, -0.25) is 4.79 Å². The summed E-state index contributed by atoms with van der Waals surface area (Å²) in [6.45, 7) is 3.68. The first-order valence-corrected chi connectivity index (χ1v) is 12.3. The molecule has 0 heterocycles. The van der Waals surface area contributed by atoms with Gasteiger partial charge < -0.3 is 10.1 Å². The van der Waals surface area contributed by atoms with E-state index in [9.17, 15) is 13.2 Å². The first-order chi connectivity index (χ1) is 15.2. The van der Waals surface area contributed by atoms with Crippen LogP contribution in [-0.4, -0.2) is 20.9 Å². The first kappa shape index (κ1) is 24.0. The number of benzene rings is 3. The number of ether oxygens (including phenoxy) is 1. The van der Waals surface area contributed by atoms with E-state index in [0.717, 1.165) is 15.6 Å². The summed E-state index contributed by atoms with van der Waals surface area (Å²) in [6, 6.07) is 21.4. The van der Waals surface area contributed by atoms with Crippen molar-refractivity contribution in [1.82, 2.24) is 10.0 Å². The Hall–Kier alpha value is -2.68. The van der Waals surface area contributed by atoms with Crippen molar-refractivity contribution >= 4 is 31.9 Å². The summed E-state index contributed by atoms with van der Waals surface area (Å²) in [5.74, 6) is 0.190. The summed E-state index contributed by atoms with van der Waals surface area (Å²) in [4.78, 5) is 12.4. The lowest BCUT2D eigenvalue weighted by molar-refractivity contribution is -0.123. The summed E-state index contributed by atoms with van der Waals surface area (Å²) < 4.78 is 34.3. The molecule has 0 saturated carbocycles. The lowest BCUT2D eigenvalue weighted by atomic mass is 10.1. The molecule has 6 nitrogen and oxygen atoms in total. The van der Waals surface area contributed by atoms with Gasteiger partial charge in [-0.15, -0.1) is 0 Å². The molecular formula is C24H25BrN2O4S. The molecule has 0 radical (unpaired) electrons. The standard InChI is InChI=1S/C24H25BrN2O4S/c1-17-13-22(32(29,30)26-15-19-7-4-3-5-8-19)11-12-23(17)31-16-24(28)27-18(2)20-9-6-10-21(25)14-20/h3-14,18,26H,15-16H2,1-2H3,(H,27,28)/t18-/m1/s1. The number of carbonyl (C=O) groups excluding carboxylic acids is 1. The number of sulfonamides is 1. The van der Waals surface area contributed by atoms with Gasteiger partial charge in [-0.25, -0.2) is 13.1 Å². The Labute approximate surface area is 197 Å². The molecule has 3 aromatic rings. The van der Waals surface area contributed by atoms with Gasteiger partial charge in [-0.05, 0) is 60.9 Å². The van der Waals surface area contributed by atoms with Gasteiger partial charge in [0.1, 0.15) is 5.75 Å². The van der Waals surface area contributed by atoms with Crippen molar-refractivity contribution in [3.63, 3.8) is 0 Å². The van der Waals surface area contributed by atoms with Crippen LogP contribution in [0.1, 0.15) is 29.7 Å². The quantitative estimate of drug-likeness (QED) is 0.438. The highest BCUT2D eigenvalue weighted by Gasteiger charge is 2.16. The molecule has 0 fully saturated rings. The number of nitrogens with one attached hydrogen (secondary N) is 2. The molecule has 0 unspecified atom stereocenters. The maximum atomic E-state index is 12.6. The van der Waals surface area contributed by atoms with Crippen molar-refractivity contribution in [2.24, 2.45) is 0 Å². The fraction of sp³-hybridized carbons (Fsp3) is 0.208. The van der Waals surface area contributed by atoms with Crippen molar-refractivity contribution in [2.75, 3.05) is 6.61 Å². The maximum Gasteiger partial charge on any atom is 0.258 e. The third-order valence-electron chi connectivity index (χ3n) is 4.85. The normalized spacial score (nSPS) is 12.2. The molecule has 0 aromatic heterocycles. The van der Waals surface area contributed by atoms with E-state index in [4.69, 9.17) is 4.74 Å². The Morgan fingerprint density at radius 2 is 1.78 bits per heavy atom. The Bertz CT molecular complexity index is 1180. The Morgan fingerprint density at radius 1 is 1.03 bits per heavy atom. The van der Waals surface area contributed by atoms with Crippen molar-refractivity contribution in [2.45, 2.75) is 31.3 Å². The fourth-order valence-corrected chi connectivity index (χ4v) is 4.61. The summed E-state index contributed by atoms with van der Waals surface area (Å²) >= 11 is 3.42. The largest absolute Gasteiger partial charge is 0.484 e. The van der Waals surface area contributed by atoms with Crippen LogP contribution in [0.3, 0.4) is 0 Å². The van der Waals surface area contributed by atoms with Crippen molar-refractivity contribution in [3.8, 4) is 5.75 Å². The highest BCUT2D eigenvalue weighted by molar-refractivity contribution is 9.10. The number of hydrogen-bond acceptors (Lipinski definition) is 4.